The van der Waals surface area contributed by atoms with Gasteiger partial charge < -0.3 is 20.1 Å². The molecule has 1 atom stereocenters. The smallest absolute Gasteiger partial charge is 0.269 e. The quantitative estimate of drug-likeness (QED) is 0.179. The lowest BCUT2D eigenvalue weighted by Crippen LogP contribution is -2.30. The molecule has 0 spiro atoms. The van der Waals surface area contributed by atoms with Gasteiger partial charge in [0, 0.05) is 47.6 Å². The number of rotatable bonds is 9. The molecule has 3 aromatic carbocycles. The van der Waals surface area contributed by atoms with Crippen molar-refractivity contribution >= 4 is 42.9 Å². The molecule has 1 amide bonds. The number of benzene rings is 3. The number of ether oxygens (including phenoxy) is 1. The minimum atomic E-state index is -4.46. The molecule has 1 aliphatic heterocycles. The summed E-state index contributed by atoms with van der Waals surface area (Å²) in [6.07, 6.45) is 2.97. The topological polar surface area (TPSA) is 159 Å². The van der Waals surface area contributed by atoms with Crippen LogP contribution >= 0.6 is 0 Å². The molecule has 0 radical (unpaired) electrons. The molecule has 11 nitrogen and oxygen atoms in total. The predicted octanol–water partition coefficient (Wildman–Crippen LogP) is 5.96. The van der Waals surface area contributed by atoms with Crippen molar-refractivity contribution in [1.82, 2.24) is 14.2 Å². The molecule has 1 aliphatic rings. The third kappa shape index (κ3) is 6.52. The number of nitrogens with one attached hydrogen (secondary N) is 2. The minimum absolute atomic E-state index is 0.0425. The van der Waals surface area contributed by atoms with E-state index in [0.29, 0.717) is 49.8 Å². The van der Waals surface area contributed by atoms with Crippen molar-refractivity contribution in [3.8, 4) is 11.5 Å². The summed E-state index contributed by atoms with van der Waals surface area (Å²) < 4.78 is 57.1. The molecule has 0 aliphatic carbocycles. The third-order valence-electron chi connectivity index (χ3n) is 8.50. The number of amides is 1. The zero-order valence-electron chi connectivity index (χ0n) is 29.2. The highest BCUT2D eigenvalue weighted by molar-refractivity contribution is 7.91. The van der Waals surface area contributed by atoms with Crippen LogP contribution in [0.15, 0.2) is 76.7 Å². The molecular weight excluding hydrogens is 677 g/mol. The summed E-state index contributed by atoms with van der Waals surface area (Å²) in [6, 6.07) is 16.2. The molecule has 13 heteroatoms. The molecule has 5 rings (SSSR count). The number of hydrogen-bond donors (Lipinski definition) is 3. The molecule has 1 aromatic heterocycles. The number of aryl methyl sites for hydroxylation is 3. The molecule has 0 saturated heterocycles. The molecule has 0 saturated carbocycles. The highest BCUT2D eigenvalue weighted by atomic mass is 32.2. The maximum absolute atomic E-state index is 14.5. The van der Waals surface area contributed by atoms with Crippen LogP contribution < -0.4 is 10.1 Å². The molecule has 1 unspecified atom stereocenters. The fourth-order valence-electron chi connectivity index (χ4n) is 5.97. The summed E-state index contributed by atoms with van der Waals surface area (Å²) in [5, 5.41) is 13.7. The zero-order valence-corrected chi connectivity index (χ0v) is 30.8. The first-order valence-corrected chi connectivity index (χ1v) is 19.2. The van der Waals surface area contributed by atoms with Crippen LogP contribution in [0.25, 0.3) is 11.3 Å². The average Bonchev–Trinajstić information content (AvgIpc) is 3.43. The van der Waals surface area contributed by atoms with E-state index in [4.69, 9.17) is 9.52 Å². The van der Waals surface area contributed by atoms with Gasteiger partial charge >= 0.3 is 0 Å². The first-order valence-electron chi connectivity index (χ1n) is 15.8. The molecule has 4 aromatic rings. The summed E-state index contributed by atoms with van der Waals surface area (Å²) in [5.74, 6) is 1.99. The second-order valence-electron chi connectivity index (χ2n) is 12.9. The van der Waals surface area contributed by atoms with Crippen LogP contribution in [-0.4, -0.2) is 58.3 Å². The molecule has 0 bridgehead atoms. The monoisotopic (exact) mass is 716 g/mol. The molecular formula is C37H40N4O7S2. The summed E-state index contributed by atoms with van der Waals surface area (Å²) >= 11 is 0. The van der Waals surface area contributed by atoms with E-state index in [2.05, 4.69) is 5.32 Å². The van der Waals surface area contributed by atoms with E-state index in [-0.39, 0.29) is 34.1 Å². The summed E-state index contributed by atoms with van der Waals surface area (Å²) in [6.45, 7) is 10.4. The zero-order chi connectivity index (χ0) is 36.9. The maximum atomic E-state index is 14.5. The van der Waals surface area contributed by atoms with Gasteiger partial charge in [-0.1, -0.05) is 24.3 Å². The van der Waals surface area contributed by atoms with Crippen molar-refractivity contribution < 1.29 is 32.1 Å². The lowest BCUT2D eigenvalue weighted by atomic mass is 9.89. The maximum Gasteiger partial charge on any atom is 0.269 e. The average molecular weight is 717 g/mol. The van der Waals surface area contributed by atoms with E-state index in [1.807, 2.05) is 5.94 Å². The van der Waals surface area contributed by atoms with Gasteiger partial charge in [-0.25, -0.2) is 26.2 Å². The lowest BCUT2D eigenvalue weighted by molar-refractivity contribution is 0.0785. The Balaban J connectivity index is 1.84. The van der Waals surface area contributed by atoms with Crippen molar-refractivity contribution in [2.24, 2.45) is 0 Å². The van der Waals surface area contributed by atoms with Gasteiger partial charge in [0.15, 0.2) is 11.6 Å². The molecule has 262 valence electrons. The fraction of sp³-hybridized carbons (Fsp3) is 0.270. The number of aromatic nitrogens is 1. The minimum Gasteiger partial charge on any atom is -0.456 e. The second-order valence-corrected chi connectivity index (χ2v) is 16.8. The van der Waals surface area contributed by atoms with Gasteiger partial charge in [-0.3, -0.25) is 4.79 Å². The Hall–Kier alpha value is -4.94. The Morgan fingerprint density at radius 2 is 1.62 bits per heavy atom. The van der Waals surface area contributed by atoms with Crippen molar-refractivity contribution in [2.45, 2.75) is 56.9 Å². The van der Waals surface area contributed by atoms with Crippen molar-refractivity contribution in [3.63, 3.8) is 0 Å². The van der Waals surface area contributed by atoms with Crippen LogP contribution in [0.2, 0.25) is 0 Å². The van der Waals surface area contributed by atoms with Crippen LogP contribution in [-0.2, 0) is 30.1 Å². The number of aliphatic hydroxyl groups is 1. The normalized spacial score (nSPS) is 14.4. The first-order chi connectivity index (χ1) is 23.3. The Kier molecular flexibility index (Phi) is 9.50. The molecule has 2 heterocycles. The van der Waals surface area contributed by atoms with Gasteiger partial charge in [-0.15, -0.1) is 0 Å². The highest BCUT2D eigenvalue weighted by Gasteiger charge is 2.37. The summed E-state index contributed by atoms with van der Waals surface area (Å²) in [4.78, 5) is 28.0. The van der Waals surface area contributed by atoms with E-state index in [9.17, 15) is 27.3 Å². The van der Waals surface area contributed by atoms with Gasteiger partial charge in [-0.05, 0) is 100 Å². The van der Waals surface area contributed by atoms with Crippen LogP contribution in [0.1, 0.15) is 70.3 Å². The standard InChI is InChI=1S/C37H40N4O7S2/c1-9-39-36(43)30-19-28-29(20-40(7)31(21-42)34(28)41(30)50(46,47)33-13-11-10-12-22(33)2)27-18-25(37(5,6)44)14-15-32(27)48-35-23(3)16-26(17-24(35)4)49(8,38)45/h10-20,38,44H,9H2,1-8H3,(H,39,43). The van der Waals surface area contributed by atoms with Crippen molar-refractivity contribution in [2.75, 3.05) is 19.8 Å². The van der Waals surface area contributed by atoms with Gasteiger partial charge in [0.1, 0.15) is 22.9 Å². The van der Waals surface area contributed by atoms with E-state index in [1.165, 1.54) is 23.3 Å². The third-order valence-corrected chi connectivity index (χ3v) is 11.5. The van der Waals surface area contributed by atoms with E-state index in [1.54, 1.807) is 103 Å². The highest BCUT2D eigenvalue weighted by Crippen LogP contribution is 2.45. The summed E-state index contributed by atoms with van der Waals surface area (Å²) in [5.41, 5.74) is 1.64. The largest absolute Gasteiger partial charge is 0.456 e. The number of carbonyl (C=O) groups is 1. The molecule has 50 heavy (non-hydrogen) atoms. The molecule has 0 fully saturated rings. The van der Waals surface area contributed by atoms with E-state index >= 15 is 0 Å². The van der Waals surface area contributed by atoms with Gasteiger partial charge in [0.2, 0.25) is 0 Å². The Bertz CT molecular complexity index is 2340. The van der Waals surface area contributed by atoms with Crippen LogP contribution in [0.5, 0.6) is 11.5 Å². The Labute approximate surface area is 292 Å². The van der Waals surface area contributed by atoms with Gasteiger partial charge in [-0.2, -0.15) is 0 Å². The number of carbonyl (C=O) groups excluding carboxylic acids is 2. The molecule has 3 N–H and O–H groups in total. The predicted molar refractivity (Wildman–Crippen MR) is 193 cm³/mol. The fourth-order valence-corrected chi connectivity index (χ4v) is 8.52. The van der Waals surface area contributed by atoms with E-state index in [0.717, 1.165) is 3.97 Å². The van der Waals surface area contributed by atoms with Crippen LogP contribution in [0.4, 0.5) is 0 Å². The van der Waals surface area contributed by atoms with Crippen molar-refractivity contribution in [3.05, 3.63) is 112 Å². The van der Waals surface area contributed by atoms with Crippen molar-refractivity contribution in [1.29, 1.82) is 4.78 Å². The number of fused-ring (bicyclic) bond motifs is 1. The Morgan fingerprint density at radius 3 is 2.18 bits per heavy atom. The lowest BCUT2D eigenvalue weighted by Gasteiger charge is -2.28. The number of hydrogen-bond acceptors (Lipinski definition) is 9. The van der Waals surface area contributed by atoms with Crippen LogP contribution in [0.3, 0.4) is 0 Å². The SMILES string of the molecule is CCNC(=O)c1cc2c(n1S(=O)(=O)c1ccccc1C)C(=C=O)N(C)C=C2c1cc(C(C)(C)O)ccc1Oc1c(C)cc(S(C)(=N)=O)cc1C. The second kappa shape index (κ2) is 13.1. The van der Waals surface area contributed by atoms with E-state index < -0.39 is 31.3 Å². The Morgan fingerprint density at radius 1 is 0.980 bits per heavy atom. The van der Waals surface area contributed by atoms with Gasteiger partial charge in [0.25, 0.3) is 15.9 Å². The van der Waals surface area contributed by atoms with Crippen LogP contribution in [0, 0.1) is 25.6 Å². The number of nitrogens with zero attached hydrogens (tertiary/aromatic N) is 2. The van der Waals surface area contributed by atoms with Gasteiger partial charge in [0.05, 0.1) is 20.2 Å². The summed E-state index contributed by atoms with van der Waals surface area (Å²) in [7, 11) is -5.88. The first kappa shape index (κ1) is 36.3.